The van der Waals surface area contributed by atoms with Crippen LogP contribution in [0.15, 0.2) is 53.5 Å². The predicted octanol–water partition coefficient (Wildman–Crippen LogP) is 4.74. The van der Waals surface area contributed by atoms with Crippen LogP contribution in [0, 0.1) is 0 Å². The summed E-state index contributed by atoms with van der Waals surface area (Å²) in [5.74, 6) is -1.00. The Morgan fingerprint density at radius 1 is 1.17 bits per heavy atom. The molecule has 0 atom stereocenters. The Morgan fingerprint density at radius 2 is 1.93 bits per heavy atom. The Morgan fingerprint density at radius 3 is 2.53 bits per heavy atom. The highest BCUT2D eigenvalue weighted by atomic mass is 32.1. The van der Waals surface area contributed by atoms with Crippen molar-refractivity contribution in [2.45, 2.75) is 39.2 Å². The number of carboxylic acids is 2. The lowest BCUT2D eigenvalue weighted by Gasteiger charge is -2.08. The van der Waals surface area contributed by atoms with Crippen LogP contribution in [0.1, 0.15) is 52.1 Å². The maximum Gasteiger partial charge on any atom is 0.335 e. The van der Waals surface area contributed by atoms with Gasteiger partial charge < -0.3 is 14.8 Å². The van der Waals surface area contributed by atoms with Gasteiger partial charge in [0.25, 0.3) is 0 Å². The molecule has 0 unspecified atom stereocenters. The molecule has 3 rings (SSSR count). The zero-order chi connectivity index (χ0) is 21.5. The minimum atomic E-state index is -0.952. The zero-order valence-electron chi connectivity index (χ0n) is 16.7. The third-order valence-corrected chi connectivity index (χ3v) is 5.60. The van der Waals surface area contributed by atoms with E-state index in [1.165, 1.54) is 11.3 Å². The smallest absolute Gasteiger partial charge is 0.335 e. The summed E-state index contributed by atoms with van der Waals surface area (Å²) in [5.41, 5.74) is 2.13. The number of benzene rings is 1. The molecular weight excluding hydrogens is 400 g/mol. The number of aromatic carboxylic acids is 1. The second-order valence-corrected chi connectivity index (χ2v) is 8.08. The Bertz CT molecular complexity index is 1030. The van der Waals surface area contributed by atoms with Crippen LogP contribution < -0.4 is 0 Å². The molecule has 0 aliphatic heterocycles. The van der Waals surface area contributed by atoms with Crippen molar-refractivity contribution in [3.05, 3.63) is 81.1 Å². The number of aromatic nitrogens is 2. The predicted molar refractivity (Wildman–Crippen MR) is 117 cm³/mol. The molecule has 156 valence electrons. The van der Waals surface area contributed by atoms with Crippen molar-refractivity contribution in [2.75, 3.05) is 0 Å². The van der Waals surface area contributed by atoms with Gasteiger partial charge in [0.05, 0.1) is 11.3 Å². The van der Waals surface area contributed by atoms with Gasteiger partial charge >= 0.3 is 11.9 Å². The van der Waals surface area contributed by atoms with Crippen molar-refractivity contribution >= 4 is 29.4 Å². The molecule has 0 amide bonds. The van der Waals surface area contributed by atoms with Crippen LogP contribution in [0.4, 0.5) is 0 Å². The summed E-state index contributed by atoms with van der Waals surface area (Å²) < 4.78 is 2.02. The molecule has 2 heterocycles. The van der Waals surface area contributed by atoms with Gasteiger partial charge in [-0.05, 0) is 41.6 Å². The Balaban J connectivity index is 1.87. The minimum absolute atomic E-state index is 0.249. The third-order valence-electron chi connectivity index (χ3n) is 4.73. The number of aliphatic carboxylic acids is 1. The van der Waals surface area contributed by atoms with Gasteiger partial charge in [-0.15, -0.1) is 11.3 Å². The van der Waals surface area contributed by atoms with Crippen LogP contribution in [-0.4, -0.2) is 31.7 Å². The van der Waals surface area contributed by atoms with Gasteiger partial charge in [0.15, 0.2) is 0 Å². The number of aryl methyl sites for hydroxylation is 1. The minimum Gasteiger partial charge on any atom is -0.478 e. The standard InChI is InChI=1S/C23H24N2O4S/c1-2-3-6-21-24-19(12-18(23(28)29)13-20-5-4-11-30-20)15-25(21)14-16-7-9-17(10-8-16)22(26)27/h4-5,7-12,15H,2-3,6,13-14H2,1H3,(H,26,27)(H,28,29)/b18-12-. The topological polar surface area (TPSA) is 92.4 Å². The molecule has 0 saturated heterocycles. The van der Waals surface area contributed by atoms with Gasteiger partial charge in [-0.25, -0.2) is 14.6 Å². The highest BCUT2D eigenvalue weighted by Crippen LogP contribution is 2.18. The van der Waals surface area contributed by atoms with E-state index in [-0.39, 0.29) is 5.56 Å². The SMILES string of the molecule is CCCCc1nc(/C=C(/Cc2cccs2)C(=O)O)cn1Cc1ccc(C(=O)O)cc1. The number of hydrogen-bond donors (Lipinski definition) is 2. The Labute approximate surface area is 179 Å². The molecule has 1 aromatic carbocycles. The van der Waals surface area contributed by atoms with Crippen LogP contribution in [0.25, 0.3) is 6.08 Å². The van der Waals surface area contributed by atoms with E-state index >= 15 is 0 Å². The fourth-order valence-electron chi connectivity index (χ4n) is 3.13. The number of thiophene rings is 1. The van der Waals surface area contributed by atoms with Crippen molar-refractivity contribution in [3.8, 4) is 0 Å². The van der Waals surface area contributed by atoms with E-state index in [1.54, 1.807) is 30.3 Å². The van der Waals surface area contributed by atoms with Crippen LogP contribution >= 0.6 is 11.3 Å². The molecule has 0 radical (unpaired) electrons. The summed E-state index contributed by atoms with van der Waals surface area (Å²) >= 11 is 1.53. The molecule has 2 aromatic heterocycles. The summed E-state index contributed by atoms with van der Waals surface area (Å²) in [4.78, 5) is 28.4. The number of unbranched alkanes of at least 4 members (excludes halogenated alkanes) is 1. The number of rotatable bonds is 10. The molecule has 6 nitrogen and oxygen atoms in total. The van der Waals surface area contributed by atoms with Gasteiger partial charge in [0.2, 0.25) is 0 Å². The number of hydrogen-bond acceptors (Lipinski definition) is 4. The first kappa shape index (κ1) is 21.5. The van der Waals surface area contributed by atoms with Crippen molar-refractivity contribution in [3.63, 3.8) is 0 Å². The van der Waals surface area contributed by atoms with Gasteiger partial charge in [0, 0.05) is 36.0 Å². The van der Waals surface area contributed by atoms with E-state index in [2.05, 4.69) is 11.9 Å². The second kappa shape index (κ2) is 10.0. The van der Waals surface area contributed by atoms with E-state index in [4.69, 9.17) is 5.11 Å². The normalized spacial score (nSPS) is 11.6. The first-order chi connectivity index (χ1) is 14.5. The number of imidazole rings is 1. The van der Waals surface area contributed by atoms with E-state index in [0.717, 1.165) is 35.5 Å². The molecule has 7 heteroatoms. The molecular formula is C23H24N2O4S. The average molecular weight is 425 g/mol. The lowest BCUT2D eigenvalue weighted by Crippen LogP contribution is -2.05. The zero-order valence-corrected chi connectivity index (χ0v) is 17.6. The monoisotopic (exact) mass is 424 g/mol. The van der Waals surface area contributed by atoms with Crippen molar-refractivity contribution in [1.29, 1.82) is 0 Å². The summed E-state index contributed by atoms with van der Waals surface area (Å²) in [7, 11) is 0. The number of nitrogens with zero attached hydrogens (tertiary/aromatic N) is 2. The summed E-state index contributed by atoms with van der Waals surface area (Å²) in [6.45, 7) is 2.66. The lowest BCUT2D eigenvalue weighted by molar-refractivity contribution is -0.132. The Hall–Kier alpha value is -3.19. The van der Waals surface area contributed by atoms with Crippen molar-refractivity contribution < 1.29 is 19.8 Å². The second-order valence-electron chi connectivity index (χ2n) is 7.05. The maximum absolute atomic E-state index is 11.7. The van der Waals surface area contributed by atoms with Crippen LogP contribution in [0.2, 0.25) is 0 Å². The van der Waals surface area contributed by atoms with Crippen molar-refractivity contribution in [2.24, 2.45) is 0 Å². The van der Waals surface area contributed by atoms with Gasteiger partial charge in [-0.2, -0.15) is 0 Å². The van der Waals surface area contributed by atoms with E-state index in [9.17, 15) is 14.7 Å². The first-order valence-corrected chi connectivity index (χ1v) is 10.7. The third kappa shape index (κ3) is 5.67. The largest absolute Gasteiger partial charge is 0.478 e. The molecule has 0 saturated carbocycles. The molecule has 30 heavy (non-hydrogen) atoms. The summed E-state index contributed by atoms with van der Waals surface area (Å²) in [6, 6.07) is 10.6. The molecule has 0 aliphatic carbocycles. The first-order valence-electron chi connectivity index (χ1n) is 9.80. The highest BCUT2D eigenvalue weighted by molar-refractivity contribution is 7.09. The maximum atomic E-state index is 11.7. The summed E-state index contributed by atoms with van der Waals surface area (Å²) in [6.07, 6.45) is 6.68. The van der Waals surface area contributed by atoms with Crippen LogP contribution in [-0.2, 0) is 24.2 Å². The van der Waals surface area contributed by atoms with E-state index in [1.807, 2.05) is 28.3 Å². The molecule has 0 fully saturated rings. The molecule has 0 bridgehead atoms. The highest BCUT2D eigenvalue weighted by Gasteiger charge is 2.13. The fourth-order valence-corrected chi connectivity index (χ4v) is 3.86. The number of carbonyl (C=O) groups is 2. The average Bonchev–Trinajstić information content (AvgIpc) is 3.36. The van der Waals surface area contributed by atoms with Gasteiger partial charge in [-0.1, -0.05) is 31.5 Å². The lowest BCUT2D eigenvalue weighted by atomic mass is 10.1. The summed E-state index contributed by atoms with van der Waals surface area (Å²) in [5, 5.41) is 20.6. The molecule has 3 aromatic rings. The quantitative estimate of drug-likeness (QED) is 0.459. The molecule has 2 N–H and O–H groups in total. The van der Waals surface area contributed by atoms with Crippen LogP contribution in [0.5, 0.6) is 0 Å². The van der Waals surface area contributed by atoms with Gasteiger partial charge in [-0.3, -0.25) is 0 Å². The fraction of sp³-hybridized carbons (Fsp3) is 0.261. The number of carboxylic acid groups (broad SMARTS) is 2. The van der Waals surface area contributed by atoms with Gasteiger partial charge in [0.1, 0.15) is 5.82 Å². The van der Waals surface area contributed by atoms with Crippen LogP contribution in [0.3, 0.4) is 0 Å². The molecule has 0 spiro atoms. The van der Waals surface area contributed by atoms with E-state index in [0.29, 0.717) is 24.2 Å². The van der Waals surface area contributed by atoms with E-state index < -0.39 is 11.9 Å². The Kier molecular flexibility index (Phi) is 7.19. The molecule has 0 aliphatic rings. The van der Waals surface area contributed by atoms with Crippen molar-refractivity contribution in [1.82, 2.24) is 9.55 Å².